The molecule has 0 radical (unpaired) electrons. The van der Waals surface area contributed by atoms with Crippen molar-refractivity contribution in [2.75, 3.05) is 7.11 Å². The van der Waals surface area contributed by atoms with Gasteiger partial charge in [0.15, 0.2) is 0 Å². The van der Waals surface area contributed by atoms with Gasteiger partial charge in [-0.25, -0.2) is 13.1 Å². The molecule has 0 amide bonds. The molecule has 0 aliphatic rings. The molecule has 0 saturated carbocycles. The van der Waals surface area contributed by atoms with Crippen molar-refractivity contribution in [1.29, 1.82) is 0 Å². The second kappa shape index (κ2) is 6.28. The zero-order chi connectivity index (χ0) is 15.5. The average molecular weight is 305 g/mol. The molecular formula is C16H19NO3S. The summed E-state index contributed by atoms with van der Waals surface area (Å²) in [5, 5.41) is 0. The van der Waals surface area contributed by atoms with Gasteiger partial charge in [-0.05, 0) is 54.8 Å². The second-order valence-corrected chi connectivity index (χ2v) is 6.69. The molecule has 4 nitrogen and oxygen atoms in total. The zero-order valence-electron chi connectivity index (χ0n) is 12.4. The predicted molar refractivity (Wildman–Crippen MR) is 82.9 cm³/mol. The molecule has 2 aromatic carbocycles. The maximum Gasteiger partial charge on any atom is 0.240 e. The number of hydrogen-bond donors (Lipinski definition) is 1. The van der Waals surface area contributed by atoms with Crippen LogP contribution in [0.2, 0.25) is 0 Å². The molecule has 0 atom stereocenters. The number of rotatable bonds is 5. The summed E-state index contributed by atoms with van der Waals surface area (Å²) in [5.41, 5.74) is 2.88. The van der Waals surface area contributed by atoms with Crippen molar-refractivity contribution < 1.29 is 13.2 Å². The average Bonchev–Trinajstić information content (AvgIpc) is 2.48. The lowest BCUT2D eigenvalue weighted by molar-refractivity contribution is 0.414. The van der Waals surface area contributed by atoms with Crippen molar-refractivity contribution in [2.24, 2.45) is 0 Å². The molecule has 0 heterocycles. The number of hydrogen-bond acceptors (Lipinski definition) is 3. The summed E-state index contributed by atoms with van der Waals surface area (Å²) in [5.74, 6) is 0.706. The fourth-order valence-corrected chi connectivity index (χ4v) is 3.03. The Morgan fingerprint density at radius 3 is 2.48 bits per heavy atom. The van der Waals surface area contributed by atoms with Crippen LogP contribution in [0.15, 0.2) is 47.4 Å². The third-order valence-electron chi connectivity index (χ3n) is 3.39. The molecule has 0 aliphatic carbocycles. The molecule has 2 rings (SSSR count). The van der Waals surface area contributed by atoms with Gasteiger partial charge >= 0.3 is 0 Å². The zero-order valence-corrected chi connectivity index (χ0v) is 13.2. The second-order valence-electron chi connectivity index (χ2n) is 4.92. The van der Waals surface area contributed by atoms with E-state index in [1.165, 1.54) is 0 Å². The van der Waals surface area contributed by atoms with Gasteiger partial charge in [-0.15, -0.1) is 0 Å². The minimum Gasteiger partial charge on any atom is -0.497 e. The van der Waals surface area contributed by atoms with Crippen molar-refractivity contribution in [3.8, 4) is 5.75 Å². The van der Waals surface area contributed by atoms with E-state index in [0.29, 0.717) is 5.75 Å². The smallest absolute Gasteiger partial charge is 0.240 e. The largest absolute Gasteiger partial charge is 0.497 e. The topological polar surface area (TPSA) is 55.4 Å². The number of aryl methyl sites for hydroxylation is 2. The van der Waals surface area contributed by atoms with Crippen molar-refractivity contribution in [1.82, 2.24) is 4.72 Å². The molecule has 0 aromatic heterocycles. The summed E-state index contributed by atoms with van der Waals surface area (Å²) in [6, 6.07) is 12.4. The van der Waals surface area contributed by atoms with Crippen LogP contribution < -0.4 is 9.46 Å². The molecule has 0 spiro atoms. The molecule has 21 heavy (non-hydrogen) atoms. The Hall–Kier alpha value is -1.85. The minimum absolute atomic E-state index is 0.229. The summed E-state index contributed by atoms with van der Waals surface area (Å²) >= 11 is 0. The summed E-state index contributed by atoms with van der Waals surface area (Å²) in [7, 11) is -1.93. The molecule has 0 saturated heterocycles. The van der Waals surface area contributed by atoms with Gasteiger partial charge in [-0.1, -0.05) is 18.2 Å². The van der Waals surface area contributed by atoms with Crippen LogP contribution in [0, 0.1) is 13.8 Å². The third-order valence-corrected chi connectivity index (χ3v) is 4.79. The Kier molecular flexibility index (Phi) is 4.65. The van der Waals surface area contributed by atoms with Gasteiger partial charge in [0.05, 0.1) is 12.0 Å². The van der Waals surface area contributed by atoms with Crippen LogP contribution in [0.25, 0.3) is 0 Å². The normalized spacial score (nSPS) is 11.4. The highest BCUT2D eigenvalue weighted by molar-refractivity contribution is 7.89. The maximum atomic E-state index is 12.3. The van der Waals surface area contributed by atoms with Gasteiger partial charge in [0.25, 0.3) is 0 Å². The molecular weight excluding hydrogens is 286 g/mol. The van der Waals surface area contributed by atoms with Crippen molar-refractivity contribution in [3.05, 3.63) is 59.2 Å². The highest BCUT2D eigenvalue weighted by Crippen LogP contribution is 2.16. The molecule has 1 N–H and O–H groups in total. The van der Waals surface area contributed by atoms with Crippen LogP contribution in [0.4, 0.5) is 0 Å². The summed E-state index contributed by atoms with van der Waals surface area (Å²) < 4.78 is 32.3. The quantitative estimate of drug-likeness (QED) is 0.924. The first kappa shape index (κ1) is 15.5. The summed E-state index contributed by atoms with van der Waals surface area (Å²) in [6.45, 7) is 4.08. The van der Waals surface area contributed by atoms with E-state index in [2.05, 4.69) is 4.72 Å². The lowest BCUT2D eigenvalue weighted by Crippen LogP contribution is -2.23. The summed E-state index contributed by atoms with van der Waals surface area (Å²) in [4.78, 5) is 0.286. The van der Waals surface area contributed by atoms with Crippen LogP contribution in [0.5, 0.6) is 5.75 Å². The predicted octanol–water partition coefficient (Wildman–Crippen LogP) is 2.79. The van der Waals surface area contributed by atoms with Crippen LogP contribution in [-0.4, -0.2) is 15.5 Å². The first-order valence-electron chi connectivity index (χ1n) is 6.62. The minimum atomic E-state index is -3.51. The van der Waals surface area contributed by atoms with Crippen molar-refractivity contribution >= 4 is 10.0 Å². The van der Waals surface area contributed by atoms with Gasteiger partial charge in [0.2, 0.25) is 10.0 Å². The maximum absolute atomic E-state index is 12.3. The third kappa shape index (κ3) is 3.83. The Labute approximate surface area is 125 Å². The number of nitrogens with one attached hydrogen (secondary N) is 1. The lowest BCUT2D eigenvalue weighted by Gasteiger charge is -2.09. The fraction of sp³-hybridized carbons (Fsp3) is 0.250. The highest BCUT2D eigenvalue weighted by atomic mass is 32.2. The van der Waals surface area contributed by atoms with E-state index in [1.54, 1.807) is 19.2 Å². The van der Waals surface area contributed by atoms with Crippen molar-refractivity contribution in [3.63, 3.8) is 0 Å². The molecule has 0 unspecified atom stereocenters. The number of methoxy groups -OCH3 is 1. The Balaban J connectivity index is 2.15. The van der Waals surface area contributed by atoms with E-state index in [9.17, 15) is 8.42 Å². The van der Waals surface area contributed by atoms with Crippen molar-refractivity contribution in [2.45, 2.75) is 25.3 Å². The first-order valence-corrected chi connectivity index (χ1v) is 8.10. The summed E-state index contributed by atoms with van der Waals surface area (Å²) in [6.07, 6.45) is 0. The standard InChI is InChI=1S/C16H19NO3S/c1-12-7-8-16(9-13(12)2)21(18,19)17-11-14-5-4-6-15(10-14)20-3/h4-10,17H,11H2,1-3H3. The fourth-order valence-electron chi connectivity index (χ4n) is 1.93. The van der Waals surface area contributed by atoms with E-state index in [1.807, 2.05) is 44.2 Å². The van der Waals surface area contributed by atoms with E-state index >= 15 is 0 Å². The van der Waals surface area contributed by atoms with Gasteiger partial charge in [0.1, 0.15) is 5.75 Å². The molecule has 112 valence electrons. The number of sulfonamides is 1. The van der Waals surface area contributed by atoms with Crippen LogP contribution >= 0.6 is 0 Å². The van der Waals surface area contributed by atoms with E-state index in [-0.39, 0.29) is 11.4 Å². The first-order chi connectivity index (χ1) is 9.92. The molecule has 2 aromatic rings. The lowest BCUT2D eigenvalue weighted by atomic mass is 10.1. The van der Waals surface area contributed by atoms with Crippen LogP contribution in [-0.2, 0) is 16.6 Å². The molecule has 5 heteroatoms. The van der Waals surface area contributed by atoms with Gasteiger partial charge < -0.3 is 4.74 Å². The van der Waals surface area contributed by atoms with E-state index in [4.69, 9.17) is 4.74 Å². The molecule has 0 aliphatic heterocycles. The monoisotopic (exact) mass is 305 g/mol. The number of ether oxygens (including phenoxy) is 1. The van der Waals surface area contributed by atoms with Crippen LogP contribution in [0.1, 0.15) is 16.7 Å². The highest BCUT2D eigenvalue weighted by Gasteiger charge is 2.14. The van der Waals surface area contributed by atoms with Gasteiger partial charge in [0, 0.05) is 6.54 Å². The van der Waals surface area contributed by atoms with Gasteiger partial charge in [-0.2, -0.15) is 0 Å². The molecule has 0 bridgehead atoms. The van der Waals surface area contributed by atoms with E-state index < -0.39 is 10.0 Å². The Morgan fingerprint density at radius 2 is 1.81 bits per heavy atom. The Bertz CT molecular complexity index is 739. The van der Waals surface area contributed by atoms with Crippen LogP contribution in [0.3, 0.4) is 0 Å². The molecule has 0 fully saturated rings. The van der Waals surface area contributed by atoms with Gasteiger partial charge in [-0.3, -0.25) is 0 Å². The van der Waals surface area contributed by atoms with E-state index in [0.717, 1.165) is 16.7 Å². The number of benzene rings is 2. The Morgan fingerprint density at radius 1 is 1.05 bits per heavy atom. The SMILES string of the molecule is COc1cccc(CNS(=O)(=O)c2ccc(C)c(C)c2)c1.